The lowest BCUT2D eigenvalue weighted by atomic mass is 10.2. The maximum Gasteiger partial charge on any atom is 0.330 e. The Morgan fingerprint density at radius 3 is 2.70 bits per heavy atom. The van der Waals surface area contributed by atoms with Crippen LogP contribution in [-0.4, -0.2) is 46.7 Å². The summed E-state index contributed by atoms with van der Waals surface area (Å²) in [5.41, 5.74) is -0.392. The number of hydrogen-bond acceptors (Lipinski definition) is 5. The average Bonchev–Trinajstić information content (AvgIpc) is 2.77. The summed E-state index contributed by atoms with van der Waals surface area (Å²) in [6.07, 6.45) is -1.45. The van der Waals surface area contributed by atoms with E-state index in [1.54, 1.807) is 0 Å². The van der Waals surface area contributed by atoms with E-state index in [0.717, 1.165) is 10.8 Å². The predicted molar refractivity (Wildman–Crippen MR) is 85.4 cm³/mol. The van der Waals surface area contributed by atoms with E-state index < -0.39 is 50.2 Å². The third kappa shape index (κ3) is 4.05. The molecule has 0 saturated carbocycles. The fraction of sp³-hybridized carbons (Fsp3) is 0.571. The second-order valence-electron chi connectivity index (χ2n) is 6.68. The van der Waals surface area contributed by atoms with Gasteiger partial charge in [0.05, 0.1) is 26.3 Å². The van der Waals surface area contributed by atoms with Gasteiger partial charge >= 0.3 is 5.69 Å². The van der Waals surface area contributed by atoms with Crippen molar-refractivity contribution < 1.29 is 19.3 Å². The molecule has 2 heterocycles. The Morgan fingerprint density at radius 2 is 2.17 bits per heavy atom. The molecule has 9 heteroatoms. The van der Waals surface area contributed by atoms with Crippen molar-refractivity contribution in [2.45, 2.75) is 44.5 Å². The van der Waals surface area contributed by atoms with Gasteiger partial charge in [-0.25, -0.2) is 9.18 Å². The fourth-order valence-electron chi connectivity index (χ4n) is 2.38. The van der Waals surface area contributed by atoms with Crippen LogP contribution in [0.3, 0.4) is 0 Å². The highest BCUT2D eigenvalue weighted by Gasteiger charge is 2.35. The van der Waals surface area contributed by atoms with E-state index >= 15 is 0 Å². The standard InChI is InChI=1S/C14H21FN2O5Si/c1-23(2,3)7-9(15)8-5-17(14(21)16-13(8)20)12-4-10(19)11(6-18)22-12/h5,7,10-12,18-19H,4,6H2,1-3H3,(H,16,20,21)/b9-7+/t10-,11+,12+/m0/s1. The Labute approximate surface area is 133 Å². The van der Waals surface area contributed by atoms with Crippen LogP contribution in [0, 0.1) is 0 Å². The van der Waals surface area contributed by atoms with Crippen LogP contribution >= 0.6 is 0 Å². The number of aliphatic hydroxyl groups excluding tert-OH is 2. The third-order valence-electron chi connectivity index (χ3n) is 3.48. The van der Waals surface area contributed by atoms with E-state index in [1.165, 1.54) is 5.70 Å². The predicted octanol–water partition coefficient (Wildman–Crippen LogP) is 0.365. The van der Waals surface area contributed by atoms with Crippen molar-refractivity contribution in [2.75, 3.05) is 6.61 Å². The molecular formula is C14H21FN2O5Si. The minimum Gasteiger partial charge on any atom is -0.394 e. The third-order valence-corrected chi connectivity index (χ3v) is 4.60. The lowest BCUT2D eigenvalue weighted by Crippen LogP contribution is -2.34. The van der Waals surface area contributed by atoms with E-state index in [-0.39, 0.29) is 12.0 Å². The van der Waals surface area contributed by atoms with Crippen LogP contribution in [-0.2, 0) is 4.74 Å². The first-order valence-electron chi connectivity index (χ1n) is 7.31. The summed E-state index contributed by atoms with van der Waals surface area (Å²) in [5.74, 6) is -0.684. The molecule has 0 spiro atoms. The molecule has 0 aliphatic carbocycles. The molecule has 0 radical (unpaired) electrons. The summed E-state index contributed by atoms with van der Waals surface area (Å²) in [6.45, 7) is 5.35. The number of rotatable bonds is 4. The van der Waals surface area contributed by atoms with Crippen LogP contribution in [0.2, 0.25) is 19.6 Å². The molecule has 1 saturated heterocycles. The summed E-state index contributed by atoms with van der Waals surface area (Å²) in [5, 5.41) is 18.8. The van der Waals surface area contributed by atoms with Crippen molar-refractivity contribution in [1.29, 1.82) is 0 Å². The smallest absolute Gasteiger partial charge is 0.330 e. The Morgan fingerprint density at radius 1 is 1.52 bits per heavy atom. The zero-order valence-electron chi connectivity index (χ0n) is 13.2. The normalized spacial score (nSPS) is 25.8. The highest BCUT2D eigenvalue weighted by Crippen LogP contribution is 2.27. The monoisotopic (exact) mass is 344 g/mol. The molecule has 1 fully saturated rings. The van der Waals surface area contributed by atoms with Gasteiger partial charge in [0.1, 0.15) is 18.2 Å². The first-order valence-corrected chi connectivity index (χ1v) is 10.9. The molecule has 3 atom stereocenters. The number of aliphatic hydroxyl groups is 2. The SMILES string of the molecule is C[Si](C)(C)/C=C(/F)c1cn([C@H]2C[C@H](O)[C@@H](CO)O2)c(=O)[nH]c1=O. The Bertz CT molecular complexity index is 721. The minimum atomic E-state index is -1.90. The number of aromatic amines is 1. The molecular weight excluding hydrogens is 323 g/mol. The molecule has 2 rings (SSSR count). The van der Waals surface area contributed by atoms with Crippen LogP contribution in [0.15, 0.2) is 21.5 Å². The molecule has 0 bridgehead atoms. The highest BCUT2D eigenvalue weighted by molar-refractivity contribution is 6.81. The molecule has 0 amide bonds. The molecule has 0 unspecified atom stereocenters. The van der Waals surface area contributed by atoms with Crippen LogP contribution in [0.1, 0.15) is 18.2 Å². The molecule has 3 N–H and O–H groups in total. The molecule has 1 aliphatic heterocycles. The Balaban J connectivity index is 2.44. The molecule has 0 aromatic carbocycles. The zero-order chi connectivity index (χ0) is 17.4. The maximum atomic E-state index is 14.3. The second kappa shape index (κ2) is 6.52. The van der Waals surface area contributed by atoms with E-state index in [4.69, 9.17) is 9.84 Å². The molecule has 1 aromatic heterocycles. The largest absolute Gasteiger partial charge is 0.394 e. The number of ether oxygens (including phenoxy) is 1. The number of nitrogens with one attached hydrogen (secondary N) is 1. The van der Waals surface area contributed by atoms with Gasteiger partial charge in [-0.1, -0.05) is 25.3 Å². The quantitative estimate of drug-likeness (QED) is 0.684. The molecule has 7 nitrogen and oxygen atoms in total. The lowest BCUT2D eigenvalue weighted by Gasteiger charge is -2.15. The lowest BCUT2D eigenvalue weighted by molar-refractivity contribution is -0.0459. The maximum absolute atomic E-state index is 14.3. The van der Waals surface area contributed by atoms with Crippen molar-refractivity contribution in [3.63, 3.8) is 0 Å². The second-order valence-corrected chi connectivity index (χ2v) is 11.7. The van der Waals surface area contributed by atoms with Gasteiger partial charge < -0.3 is 14.9 Å². The van der Waals surface area contributed by atoms with Crippen molar-refractivity contribution in [3.8, 4) is 0 Å². The number of halogens is 1. The van der Waals surface area contributed by atoms with Gasteiger partial charge in [0.15, 0.2) is 0 Å². The van der Waals surface area contributed by atoms with Crippen molar-refractivity contribution >= 4 is 13.9 Å². The Kier molecular flexibility index (Phi) is 5.04. The number of nitrogens with zero attached hydrogens (tertiary/aromatic N) is 1. The highest BCUT2D eigenvalue weighted by atomic mass is 28.3. The molecule has 1 aliphatic rings. The van der Waals surface area contributed by atoms with Gasteiger partial charge in [0, 0.05) is 12.6 Å². The first-order chi connectivity index (χ1) is 10.6. The molecule has 23 heavy (non-hydrogen) atoms. The van der Waals surface area contributed by atoms with Crippen LogP contribution in [0.5, 0.6) is 0 Å². The van der Waals surface area contributed by atoms with Crippen molar-refractivity contribution in [1.82, 2.24) is 9.55 Å². The van der Waals surface area contributed by atoms with E-state index in [0.29, 0.717) is 0 Å². The summed E-state index contributed by atoms with van der Waals surface area (Å²) >= 11 is 0. The van der Waals surface area contributed by atoms with Gasteiger partial charge in [-0.2, -0.15) is 0 Å². The fourth-order valence-corrected chi connectivity index (χ4v) is 3.29. The minimum absolute atomic E-state index is 0.0654. The van der Waals surface area contributed by atoms with Gasteiger partial charge in [0.2, 0.25) is 0 Å². The van der Waals surface area contributed by atoms with Crippen LogP contribution in [0.25, 0.3) is 5.83 Å². The number of aromatic nitrogens is 2. The van der Waals surface area contributed by atoms with Gasteiger partial charge in [-0.3, -0.25) is 14.3 Å². The zero-order valence-corrected chi connectivity index (χ0v) is 14.2. The van der Waals surface area contributed by atoms with E-state index in [1.807, 2.05) is 19.6 Å². The Hall–Kier alpha value is -1.55. The van der Waals surface area contributed by atoms with Crippen LogP contribution < -0.4 is 11.2 Å². The average molecular weight is 344 g/mol. The molecule has 128 valence electrons. The number of hydrogen-bond donors (Lipinski definition) is 3. The summed E-state index contributed by atoms with van der Waals surface area (Å²) < 4.78 is 20.7. The molecule has 1 aromatic rings. The van der Waals surface area contributed by atoms with Gasteiger partial charge in [-0.05, 0) is 0 Å². The van der Waals surface area contributed by atoms with E-state index in [9.17, 15) is 19.1 Å². The van der Waals surface area contributed by atoms with Crippen molar-refractivity contribution in [3.05, 3.63) is 38.3 Å². The number of H-pyrrole nitrogens is 1. The van der Waals surface area contributed by atoms with Gasteiger partial charge in [0.25, 0.3) is 5.56 Å². The van der Waals surface area contributed by atoms with E-state index in [2.05, 4.69) is 4.98 Å². The van der Waals surface area contributed by atoms with Crippen molar-refractivity contribution in [2.24, 2.45) is 0 Å². The van der Waals surface area contributed by atoms with Crippen LogP contribution in [0.4, 0.5) is 4.39 Å². The summed E-state index contributed by atoms with van der Waals surface area (Å²) in [6, 6.07) is 0. The van der Waals surface area contributed by atoms with Gasteiger partial charge in [-0.15, -0.1) is 0 Å². The summed E-state index contributed by atoms with van der Waals surface area (Å²) in [7, 11) is -1.90. The summed E-state index contributed by atoms with van der Waals surface area (Å²) in [4.78, 5) is 25.9. The first kappa shape index (κ1) is 17.8. The topological polar surface area (TPSA) is 105 Å².